The number of nitrogens with zero attached hydrogens (tertiary/aromatic N) is 3. The lowest BCUT2D eigenvalue weighted by Crippen LogP contribution is -2.51. The molecule has 148 valence electrons. The molecule has 1 fully saturated rings. The topological polar surface area (TPSA) is 59.4 Å². The molecule has 2 heterocycles. The number of morpholine rings is 1. The molecule has 1 aliphatic heterocycles. The van der Waals surface area contributed by atoms with Crippen molar-refractivity contribution in [1.82, 2.24) is 20.0 Å². The minimum Gasteiger partial charge on any atom is -0.379 e. The average Bonchev–Trinajstić information content (AvgIpc) is 2.82. The van der Waals surface area contributed by atoms with E-state index < -0.39 is 0 Å². The molecule has 1 atom stereocenters. The second kappa shape index (κ2) is 9.51. The third-order valence-corrected chi connectivity index (χ3v) is 5.20. The van der Waals surface area contributed by atoms with Crippen molar-refractivity contribution >= 4 is 5.91 Å². The van der Waals surface area contributed by atoms with Gasteiger partial charge in [-0.15, -0.1) is 0 Å². The molecule has 6 heteroatoms. The van der Waals surface area contributed by atoms with E-state index in [4.69, 9.17) is 4.74 Å². The van der Waals surface area contributed by atoms with Gasteiger partial charge in [-0.05, 0) is 25.7 Å². The van der Waals surface area contributed by atoms with Crippen LogP contribution in [0.25, 0.3) is 0 Å². The first kappa shape index (κ1) is 20.9. The zero-order chi connectivity index (χ0) is 19.3. The van der Waals surface area contributed by atoms with E-state index in [-0.39, 0.29) is 5.91 Å². The highest BCUT2D eigenvalue weighted by Crippen LogP contribution is 2.16. The molecule has 1 aromatic rings. The SMILES string of the molecule is Cc1nn(CC(C)C)c(C)c1CC(=O)NCC(C(C)C)N1CCOCC1. The predicted molar refractivity (Wildman–Crippen MR) is 104 cm³/mol. The zero-order valence-electron chi connectivity index (χ0n) is 17.3. The molecule has 0 bridgehead atoms. The maximum atomic E-state index is 12.6. The van der Waals surface area contributed by atoms with Gasteiger partial charge in [-0.25, -0.2) is 0 Å². The number of hydrogen-bond donors (Lipinski definition) is 1. The maximum Gasteiger partial charge on any atom is 0.224 e. The number of ether oxygens (including phenoxy) is 1. The van der Waals surface area contributed by atoms with Crippen molar-refractivity contribution in [3.63, 3.8) is 0 Å². The van der Waals surface area contributed by atoms with Gasteiger partial charge in [-0.2, -0.15) is 5.10 Å². The number of amides is 1. The summed E-state index contributed by atoms with van der Waals surface area (Å²) in [6.07, 6.45) is 0.406. The normalized spacial score (nSPS) is 17.1. The molecule has 1 amide bonds. The van der Waals surface area contributed by atoms with Crippen molar-refractivity contribution in [3.05, 3.63) is 17.0 Å². The third-order valence-electron chi connectivity index (χ3n) is 5.20. The zero-order valence-corrected chi connectivity index (χ0v) is 17.3. The average molecular weight is 365 g/mol. The first-order valence-electron chi connectivity index (χ1n) is 9.91. The molecule has 1 unspecified atom stereocenters. The molecule has 1 N–H and O–H groups in total. The quantitative estimate of drug-likeness (QED) is 0.768. The minimum atomic E-state index is 0.0826. The summed E-state index contributed by atoms with van der Waals surface area (Å²) >= 11 is 0. The second-order valence-corrected chi connectivity index (χ2v) is 8.17. The van der Waals surface area contributed by atoms with Crippen LogP contribution in [0, 0.1) is 25.7 Å². The fraction of sp³-hybridized carbons (Fsp3) is 0.800. The Morgan fingerprint density at radius 3 is 2.42 bits per heavy atom. The van der Waals surface area contributed by atoms with Gasteiger partial charge in [0.15, 0.2) is 0 Å². The molecular weight excluding hydrogens is 328 g/mol. The van der Waals surface area contributed by atoms with Gasteiger partial charge in [0.1, 0.15) is 0 Å². The Bertz CT molecular complexity index is 589. The molecule has 0 saturated carbocycles. The van der Waals surface area contributed by atoms with Crippen LogP contribution in [0.1, 0.15) is 44.6 Å². The third kappa shape index (κ3) is 5.55. The van der Waals surface area contributed by atoms with Gasteiger partial charge < -0.3 is 10.1 Å². The number of aryl methyl sites for hydroxylation is 1. The van der Waals surface area contributed by atoms with Gasteiger partial charge in [0.2, 0.25) is 5.91 Å². The molecule has 0 spiro atoms. The highest BCUT2D eigenvalue weighted by Gasteiger charge is 2.24. The van der Waals surface area contributed by atoms with Crippen molar-refractivity contribution in [3.8, 4) is 0 Å². The Morgan fingerprint density at radius 1 is 1.19 bits per heavy atom. The number of carbonyl (C=O) groups excluding carboxylic acids is 1. The van der Waals surface area contributed by atoms with Crippen LogP contribution < -0.4 is 5.32 Å². The summed E-state index contributed by atoms with van der Waals surface area (Å²) < 4.78 is 7.49. The van der Waals surface area contributed by atoms with Crippen LogP contribution in [-0.4, -0.2) is 59.5 Å². The Kier molecular flexibility index (Phi) is 7.65. The summed E-state index contributed by atoms with van der Waals surface area (Å²) in [5.41, 5.74) is 3.14. The van der Waals surface area contributed by atoms with E-state index in [2.05, 4.69) is 49.9 Å². The summed E-state index contributed by atoms with van der Waals surface area (Å²) in [7, 11) is 0. The van der Waals surface area contributed by atoms with Gasteiger partial charge in [-0.3, -0.25) is 14.4 Å². The smallest absolute Gasteiger partial charge is 0.224 e. The van der Waals surface area contributed by atoms with Gasteiger partial charge in [0, 0.05) is 43.5 Å². The van der Waals surface area contributed by atoms with Crippen molar-refractivity contribution in [2.45, 2.75) is 60.5 Å². The Balaban J connectivity index is 1.94. The van der Waals surface area contributed by atoms with Crippen molar-refractivity contribution in [2.24, 2.45) is 11.8 Å². The molecule has 2 rings (SSSR count). The van der Waals surface area contributed by atoms with Crippen LogP contribution in [0.5, 0.6) is 0 Å². The molecule has 1 aromatic heterocycles. The first-order valence-corrected chi connectivity index (χ1v) is 9.91. The van der Waals surface area contributed by atoms with E-state index in [1.807, 2.05) is 11.6 Å². The molecule has 6 nitrogen and oxygen atoms in total. The molecule has 0 aliphatic carbocycles. The fourth-order valence-corrected chi connectivity index (χ4v) is 3.65. The Morgan fingerprint density at radius 2 is 1.85 bits per heavy atom. The summed E-state index contributed by atoms with van der Waals surface area (Å²) in [6, 6.07) is 0.355. The monoisotopic (exact) mass is 364 g/mol. The molecule has 26 heavy (non-hydrogen) atoms. The van der Waals surface area contributed by atoms with Crippen LogP contribution in [0.3, 0.4) is 0 Å². The lowest BCUT2D eigenvalue weighted by Gasteiger charge is -2.36. The number of rotatable bonds is 8. The van der Waals surface area contributed by atoms with E-state index in [1.54, 1.807) is 0 Å². The fourth-order valence-electron chi connectivity index (χ4n) is 3.65. The molecular formula is C20H36N4O2. The van der Waals surface area contributed by atoms with Crippen LogP contribution in [0.4, 0.5) is 0 Å². The highest BCUT2D eigenvalue weighted by atomic mass is 16.5. The van der Waals surface area contributed by atoms with Gasteiger partial charge in [0.05, 0.1) is 25.3 Å². The minimum absolute atomic E-state index is 0.0826. The van der Waals surface area contributed by atoms with E-state index in [1.165, 1.54) is 0 Å². The van der Waals surface area contributed by atoms with E-state index in [0.717, 1.165) is 49.8 Å². The Hall–Kier alpha value is -1.40. The highest BCUT2D eigenvalue weighted by molar-refractivity contribution is 5.79. The van der Waals surface area contributed by atoms with E-state index in [9.17, 15) is 4.79 Å². The van der Waals surface area contributed by atoms with Crippen molar-refractivity contribution < 1.29 is 9.53 Å². The van der Waals surface area contributed by atoms with Crippen LogP contribution in [0.15, 0.2) is 0 Å². The first-order chi connectivity index (χ1) is 12.3. The Labute approximate surface area is 158 Å². The molecule has 1 aliphatic rings. The lowest BCUT2D eigenvalue weighted by atomic mass is 10.0. The summed E-state index contributed by atoms with van der Waals surface area (Å²) in [5, 5.41) is 7.77. The number of carbonyl (C=O) groups is 1. The summed E-state index contributed by atoms with van der Waals surface area (Å²) in [6.45, 7) is 17.9. The number of nitrogens with one attached hydrogen (secondary N) is 1. The van der Waals surface area contributed by atoms with Crippen LogP contribution in [-0.2, 0) is 22.5 Å². The van der Waals surface area contributed by atoms with E-state index >= 15 is 0 Å². The van der Waals surface area contributed by atoms with E-state index in [0.29, 0.717) is 30.8 Å². The summed E-state index contributed by atoms with van der Waals surface area (Å²) in [5.74, 6) is 1.11. The van der Waals surface area contributed by atoms with Gasteiger partial charge in [-0.1, -0.05) is 27.7 Å². The number of aromatic nitrogens is 2. The van der Waals surface area contributed by atoms with Gasteiger partial charge in [0.25, 0.3) is 0 Å². The maximum absolute atomic E-state index is 12.6. The van der Waals surface area contributed by atoms with Gasteiger partial charge >= 0.3 is 0 Å². The summed E-state index contributed by atoms with van der Waals surface area (Å²) in [4.78, 5) is 15.0. The molecule has 0 radical (unpaired) electrons. The molecule has 1 saturated heterocycles. The van der Waals surface area contributed by atoms with Crippen LogP contribution in [0.2, 0.25) is 0 Å². The largest absolute Gasteiger partial charge is 0.379 e. The molecule has 0 aromatic carbocycles. The standard InChI is InChI=1S/C20H36N4O2/c1-14(2)13-24-17(6)18(16(5)22-24)11-20(25)21-12-19(15(3)4)23-7-9-26-10-8-23/h14-15,19H,7-13H2,1-6H3,(H,21,25). The second-order valence-electron chi connectivity index (χ2n) is 8.17. The predicted octanol–water partition coefficient (Wildman–Crippen LogP) is 2.17. The van der Waals surface area contributed by atoms with Crippen LogP contribution >= 0.6 is 0 Å². The van der Waals surface area contributed by atoms with Crippen molar-refractivity contribution in [2.75, 3.05) is 32.8 Å². The van der Waals surface area contributed by atoms with Crippen molar-refractivity contribution in [1.29, 1.82) is 0 Å². The number of hydrogen-bond acceptors (Lipinski definition) is 4. The lowest BCUT2D eigenvalue weighted by molar-refractivity contribution is -0.120.